The Morgan fingerprint density at radius 3 is 2.24 bits per heavy atom. The predicted octanol–water partition coefficient (Wildman–Crippen LogP) is 4.26. The van der Waals surface area contributed by atoms with E-state index in [1.807, 2.05) is 36.4 Å². The van der Waals surface area contributed by atoms with E-state index in [9.17, 15) is 15.0 Å². The maximum Gasteiger partial charge on any atom is 0.318 e. The Kier molecular flexibility index (Phi) is 4.18. The van der Waals surface area contributed by atoms with Gasteiger partial charge in [0, 0.05) is 6.42 Å². The molecular weight excluding hydrogens is 416 g/mol. The minimum Gasteiger partial charge on any atom is -0.497 e. The Balaban J connectivity index is 1.46. The lowest BCUT2D eigenvalue weighted by Crippen LogP contribution is -2.57. The maximum absolute atomic E-state index is 13.5. The summed E-state index contributed by atoms with van der Waals surface area (Å²) in [6.07, 6.45) is 0.00704. The van der Waals surface area contributed by atoms with Crippen LogP contribution in [-0.4, -0.2) is 23.3 Å². The van der Waals surface area contributed by atoms with E-state index < -0.39 is 23.1 Å². The van der Waals surface area contributed by atoms with Crippen molar-refractivity contribution in [3.63, 3.8) is 0 Å². The molecule has 0 saturated heterocycles. The number of carbonyl (C=O) groups excluding carboxylic acids is 1. The highest BCUT2D eigenvalue weighted by atomic mass is 16.5. The number of ether oxygens (including phenoxy) is 2. The summed E-state index contributed by atoms with van der Waals surface area (Å²) in [7, 11) is 1.55. The van der Waals surface area contributed by atoms with Crippen LogP contribution in [0.1, 0.15) is 28.7 Å². The highest BCUT2D eigenvalue weighted by Crippen LogP contribution is 2.60. The molecule has 5 heteroatoms. The molecule has 2 bridgehead atoms. The number of esters is 1. The van der Waals surface area contributed by atoms with Crippen molar-refractivity contribution in [2.75, 3.05) is 7.11 Å². The summed E-state index contributed by atoms with van der Waals surface area (Å²) in [5.41, 5.74) is -0.900. The van der Waals surface area contributed by atoms with Crippen LogP contribution in [-0.2, 0) is 16.0 Å². The molecule has 5 nitrogen and oxygen atoms in total. The van der Waals surface area contributed by atoms with Gasteiger partial charge in [-0.1, -0.05) is 60.7 Å². The van der Waals surface area contributed by atoms with Gasteiger partial charge in [0.05, 0.1) is 13.0 Å². The van der Waals surface area contributed by atoms with Crippen molar-refractivity contribution >= 4 is 16.7 Å². The number of hydrogen-bond donors (Lipinski definition) is 2. The van der Waals surface area contributed by atoms with E-state index in [-0.39, 0.29) is 6.42 Å². The second kappa shape index (κ2) is 6.91. The topological polar surface area (TPSA) is 76.0 Å². The monoisotopic (exact) mass is 438 g/mol. The molecular formula is C28H22O5. The van der Waals surface area contributed by atoms with E-state index in [0.29, 0.717) is 33.8 Å². The molecule has 4 aromatic carbocycles. The van der Waals surface area contributed by atoms with Gasteiger partial charge in [0.15, 0.2) is 0 Å². The maximum atomic E-state index is 13.5. The highest BCUT2D eigenvalue weighted by molar-refractivity contribution is 5.86. The third-order valence-electron chi connectivity index (χ3n) is 7.09. The number of rotatable bonds is 3. The Morgan fingerprint density at radius 1 is 0.788 bits per heavy atom. The van der Waals surface area contributed by atoms with Crippen LogP contribution in [0.3, 0.4) is 0 Å². The van der Waals surface area contributed by atoms with Gasteiger partial charge >= 0.3 is 5.97 Å². The number of aliphatic hydroxyl groups is 2. The Morgan fingerprint density at radius 2 is 1.45 bits per heavy atom. The van der Waals surface area contributed by atoms with E-state index in [2.05, 4.69) is 0 Å². The summed E-state index contributed by atoms with van der Waals surface area (Å²) < 4.78 is 11.1. The molecule has 33 heavy (non-hydrogen) atoms. The van der Waals surface area contributed by atoms with Crippen molar-refractivity contribution in [2.24, 2.45) is 5.92 Å². The fourth-order valence-electron chi connectivity index (χ4n) is 5.50. The van der Waals surface area contributed by atoms with E-state index >= 15 is 0 Å². The van der Waals surface area contributed by atoms with Gasteiger partial charge in [-0.05, 0) is 57.3 Å². The molecule has 3 aliphatic carbocycles. The van der Waals surface area contributed by atoms with E-state index in [1.165, 1.54) is 0 Å². The molecule has 7 rings (SSSR count). The first-order valence-corrected chi connectivity index (χ1v) is 10.9. The minimum absolute atomic E-state index is 0.00704. The molecule has 3 aliphatic rings. The van der Waals surface area contributed by atoms with Crippen molar-refractivity contribution in [3.05, 3.63) is 107 Å². The minimum atomic E-state index is -1.63. The van der Waals surface area contributed by atoms with Gasteiger partial charge in [0.1, 0.15) is 22.7 Å². The first-order chi connectivity index (χ1) is 15.9. The van der Waals surface area contributed by atoms with Crippen LogP contribution in [0.15, 0.2) is 84.9 Å². The standard InChI is InChI=1S/C28H22O5/c1-32-19-12-13-23-24(15-19)27(30)16-25(28(23,31)22-9-5-4-8-21(22)27)26(29)33-20-11-10-17-6-2-3-7-18(17)14-20/h2-15,25,30-31H,16H2,1H3. The average Bonchev–Trinajstić information content (AvgIpc) is 2.85. The van der Waals surface area contributed by atoms with Crippen LogP contribution in [0.5, 0.6) is 11.5 Å². The van der Waals surface area contributed by atoms with Crippen molar-refractivity contribution in [1.82, 2.24) is 0 Å². The van der Waals surface area contributed by atoms with Gasteiger partial charge < -0.3 is 19.7 Å². The van der Waals surface area contributed by atoms with Gasteiger partial charge in [-0.3, -0.25) is 4.79 Å². The van der Waals surface area contributed by atoms with Crippen LogP contribution in [0.25, 0.3) is 10.8 Å². The molecule has 3 unspecified atom stereocenters. The van der Waals surface area contributed by atoms with Crippen LogP contribution in [0.2, 0.25) is 0 Å². The largest absolute Gasteiger partial charge is 0.497 e. The Bertz CT molecular complexity index is 1430. The van der Waals surface area contributed by atoms with E-state index in [0.717, 1.165) is 10.8 Å². The van der Waals surface area contributed by atoms with Crippen LogP contribution in [0, 0.1) is 5.92 Å². The second-order valence-electron chi connectivity index (χ2n) is 8.77. The zero-order valence-corrected chi connectivity index (χ0v) is 18.0. The fourth-order valence-corrected chi connectivity index (χ4v) is 5.50. The molecule has 0 fully saturated rings. The second-order valence-corrected chi connectivity index (χ2v) is 8.77. The molecule has 0 saturated carbocycles. The molecule has 164 valence electrons. The summed E-state index contributed by atoms with van der Waals surface area (Å²) >= 11 is 0. The molecule has 3 atom stereocenters. The molecule has 0 radical (unpaired) electrons. The summed E-state index contributed by atoms with van der Waals surface area (Å²) in [5, 5.41) is 26.0. The molecule has 0 amide bonds. The molecule has 0 aliphatic heterocycles. The van der Waals surface area contributed by atoms with Crippen molar-refractivity contribution in [3.8, 4) is 11.5 Å². The molecule has 4 aromatic rings. The lowest BCUT2D eigenvalue weighted by molar-refractivity contribution is -0.157. The first kappa shape index (κ1) is 20.0. The highest BCUT2D eigenvalue weighted by Gasteiger charge is 2.62. The van der Waals surface area contributed by atoms with Gasteiger partial charge in [0.25, 0.3) is 0 Å². The summed E-state index contributed by atoms with van der Waals surface area (Å²) in [6, 6.07) is 25.6. The van der Waals surface area contributed by atoms with Gasteiger partial charge in [-0.15, -0.1) is 0 Å². The first-order valence-electron chi connectivity index (χ1n) is 10.9. The lowest BCUT2D eigenvalue weighted by Gasteiger charge is -2.53. The zero-order valence-electron chi connectivity index (χ0n) is 18.0. The van der Waals surface area contributed by atoms with Crippen LogP contribution in [0.4, 0.5) is 0 Å². The summed E-state index contributed by atoms with van der Waals surface area (Å²) in [6.45, 7) is 0. The Hall–Kier alpha value is -3.67. The third kappa shape index (κ3) is 2.70. The SMILES string of the molecule is COc1ccc2c(c1)C1(O)CC(C(=O)Oc3ccc4ccccc4c3)C2(O)c2ccccc21. The van der Waals surface area contributed by atoms with Crippen molar-refractivity contribution in [2.45, 2.75) is 17.6 Å². The van der Waals surface area contributed by atoms with Crippen molar-refractivity contribution < 1.29 is 24.5 Å². The quantitative estimate of drug-likeness (QED) is 0.369. The summed E-state index contributed by atoms with van der Waals surface area (Å²) in [4.78, 5) is 13.5. The molecule has 2 N–H and O–H groups in total. The van der Waals surface area contributed by atoms with Crippen LogP contribution < -0.4 is 9.47 Å². The fraction of sp³-hybridized carbons (Fsp3) is 0.179. The Labute approximate surface area is 190 Å². The molecule has 0 aromatic heterocycles. The number of carbonyl (C=O) groups is 1. The van der Waals surface area contributed by atoms with Gasteiger partial charge in [0.2, 0.25) is 0 Å². The van der Waals surface area contributed by atoms with E-state index in [4.69, 9.17) is 9.47 Å². The smallest absolute Gasteiger partial charge is 0.318 e. The number of fused-ring (bicyclic) bond motifs is 2. The average molecular weight is 438 g/mol. The molecule has 0 spiro atoms. The van der Waals surface area contributed by atoms with Gasteiger partial charge in [-0.25, -0.2) is 0 Å². The number of benzene rings is 4. The third-order valence-corrected chi connectivity index (χ3v) is 7.09. The van der Waals surface area contributed by atoms with Gasteiger partial charge in [-0.2, -0.15) is 0 Å². The number of hydrogen-bond acceptors (Lipinski definition) is 5. The van der Waals surface area contributed by atoms with Crippen LogP contribution >= 0.6 is 0 Å². The lowest BCUT2D eigenvalue weighted by atomic mass is 9.54. The normalized spacial score (nSPS) is 24.8. The summed E-state index contributed by atoms with van der Waals surface area (Å²) in [5.74, 6) is -0.586. The predicted molar refractivity (Wildman–Crippen MR) is 123 cm³/mol. The molecule has 0 heterocycles. The number of methoxy groups -OCH3 is 1. The van der Waals surface area contributed by atoms with E-state index in [1.54, 1.807) is 55.6 Å². The zero-order chi connectivity index (χ0) is 22.8. The van der Waals surface area contributed by atoms with Crippen molar-refractivity contribution in [1.29, 1.82) is 0 Å².